The molecule has 0 saturated heterocycles. The van der Waals surface area contributed by atoms with Crippen molar-refractivity contribution in [3.05, 3.63) is 35.9 Å². The van der Waals surface area contributed by atoms with Gasteiger partial charge in [-0.15, -0.1) is 0 Å². The summed E-state index contributed by atoms with van der Waals surface area (Å²) < 4.78 is 9.60. The van der Waals surface area contributed by atoms with Crippen molar-refractivity contribution in [3.63, 3.8) is 0 Å². The normalized spacial score (nSPS) is 12.1. The molecule has 1 aromatic carbocycles. The van der Waals surface area contributed by atoms with E-state index < -0.39 is 6.29 Å². The van der Waals surface area contributed by atoms with Crippen LogP contribution >= 0.6 is 0 Å². The summed E-state index contributed by atoms with van der Waals surface area (Å²) in [6, 6.07) is 9.26. The lowest BCUT2D eigenvalue weighted by Gasteiger charge is -2.12. The van der Waals surface area contributed by atoms with Crippen molar-refractivity contribution >= 4 is 6.47 Å². The van der Waals surface area contributed by atoms with Crippen LogP contribution in [-0.2, 0) is 14.3 Å². The molecule has 64 valence electrons. The molecule has 0 bridgehead atoms. The quantitative estimate of drug-likeness (QED) is 0.502. The summed E-state index contributed by atoms with van der Waals surface area (Å²) in [6.07, 6.45) is -0.594. The van der Waals surface area contributed by atoms with E-state index in [-0.39, 0.29) is 0 Å². The fourth-order valence-corrected chi connectivity index (χ4v) is 0.931. The van der Waals surface area contributed by atoms with Gasteiger partial charge < -0.3 is 9.47 Å². The van der Waals surface area contributed by atoms with Crippen molar-refractivity contribution in [3.8, 4) is 0 Å². The molecule has 0 heterocycles. The molecular formula is C9H10O3. The maximum absolute atomic E-state index is 10.0. The van der Waals surface area contributed by atoms with Crippen molar-refractivity contribution in [2.24, 2.45) is 0 Å². The first kappa shape index (κ1) is 8.74. The first-order valence-electron chi connectivity index (χ1n) is 3.55. The lowest BCUT2D eigenvalue weighted by atomic mass is 10.2. The summed E-state index contributed by atoms with van der Waals surface area (Å²) in [5.74, 6) is 0. The van der Waals surface area contributed by atoms with E-state index in [0.29, 0.717) is 6.47 Å². The molecule has 0 aliphatic carbocycles. The topological polar surface area (TPSA) is 35.5 Å². The lowest BCUT2D eigenvalue weighted by Crippen LogP contribution is -2.04. The Kier molecular flexibility index (Phi) is 3.29. The van der Waals surface area contributed by atoms with Crippen LogP contribution in [0.25, 0.3) is 0 Å². The van der Waals surface area contributed by atoms with Gasteiger partial charge in [-0.05, 0) is 0 Å². The second-order valence-electron chi connectivity index (χ2n) is 2.21. The van der Waals surface area contributed by atoms with Crippen LogP contribution in [-0.4, -0.2) is 13.6 Å². The third-order valence-electron chi connectivity index (χ3n) is 1.46. The van der Waals surface area contributed by atoms with Crippen LogP contribution in [0.1, 0.15) is 11.9 Å². The minimum atomic E-state index is -0.594. The van der Waals surface area contributed by atoms with Gasteiger partial charge >= 0.3 is 0 Å². The zero-order valence-electron chi connectivity index (χ0n) is 6.77. The van der Waals surface area contributed by atoms with Gasteiger partial charge in [-0.2, -0.15) is 0 Å². The molecule has 3 nitrogen and oxygen atoms in total. The highest BCUT2D eigenvalue weighted by Gasteiger charge is 2.08. The van der Waals surface area contributed by atoms with Gasteiger partial charge in [-0.1, -0.05) is 30.3 Å². The minimum absolute atomic E-state index is 0.376. The third kappa shape index (κ3) is 2.07. The Bertz CT molecular complexity index is 233. The number of methoxy groups -OCH3 is 1. The number of carbonyl (C=O) groups is 1. The highest BCUT2D eigenvalue weighted by Crippen LogP contribution is 2.15. The van der Waals surface area contributed by atoms with E-state index in [2.05, 4.69) is 4.74 Å². The fraction of sp³-hybridized carbons (Fsp3) is 0.222. The Balaban J connectivity index is 2.72. The van der Waals surface area contributed by atoms with Crippen LogP contribution in [0, 0.1) is 0 Å². The zero-order chi connectivity index (χ0) is 8.81. The summed E-state index contributed by atoms with van der Waals surface area (Å²) in [6.45, 7) is 0.376. The van der Waals surface area contributed by atoms with E-state index in [0.717, 1.165) is 5.56 Å². The van der Waals surface area contributed by atoms with E-state index in [4.69, 9.17) is 4.74 Å². The molecule has 0 radical (unpaired) electrons. The Morgan fingerprint density at radius 1 is 1.33 bits per heavy atom. The average Bonchev–Trinajstić information content (AvgIpc) is 2.15. The van der Waals surface area contributed by atoms with Gasteiger partial charge in [0.1, 0.15) is 0 Å². The van der Waals surface area contributed by atoms with Crippen LogP contribution in [0.2, 0.25) is 0 Å². The maximum atomic E-state index is 10.0. The van der Waals surface area contributed by atoms with Crippen LogP contribution in [0.4, 0.5) is 0 Å². The molecule has 0 spiro atoms. The summed E-state index contributed by atoms with van der Waals surface area (Å²) in [7, 11) is 1.49. The molecule has 0 aliphatic rings. The Morgan fingerprint density at radius 3 is 2.50 bits per heavy atom. The van der Waals surface area contributed by atoms with Gasteiger partial charge in [0.2, 0.25) is 6.29 Å². The molecule has 1 unspecified atom stereocenters. The standard InChI is InChI=1S/C9H10O3/c1-11-9(12-7-10)8-5-3-2-4-6-8/h2-7,9H,1H3. The zero-order valence-corrected chi connectivity index (χ0v) is 6.77. The molecule has 12 heavy (non-hydrogen) atoms. The van der Waals surface area contributed by atoms with E-state index >= 15 is 0 Å². The van der Waals surface area contributed by atoms with Crippen LogP contribution in [0.3, 0.4) is 0 Å². The number of benzene rings is 1. The van der Waals surface area contributed by atoms with Gasteiger partial charge in [0, 0.05) is 12.7 Å². The number of carbonyl (C=O) groups excluding carboxylic acids is 1. The smallest absolute Gasteiger partial charge is 0.295 e. The van der Waals surface area contributed by atoms with Crippen molar-refractivity contribution in [2.75, 3.05) is 7.11 Å². The van der Waals surface area contributed by atoms with Crippen LogP contribution < -0.4 is 0 Å². The van der Waals surface area contributed by atoms with Crippen molar-refractivity contribution in [1.29, 1.82) is 0 Å². The predicted molar refractivity (Wildman–Crippen MR) is 43.3 cm³/mol. The Labute approximate surface area is 70.9 Å². The number of hydrogen-bond acceptors (Lipinski definition) is 3. The van der Waals surface area contributed by atoms with Gasteiger partial charge in [-0.25, -0.2) is 0 Å². The minimum Gasteiger partial charge on any atom is -0.433 e. The predicted octanol–water partition coefficient (Wildman–Crippen LogP) is 1.50. The largest absolute Gasteiger partial charge is 0.433 e. The summed E-state index contributed by atoms with van der Waals surface area (Å²) in [5, 5.41) is 0. The average molecular weight is 166 g/mol. The molecule has 3 heteroatoms. The SMILES string of the molecule is COC(OC=O)c1ccccc1. The summed E-state index contributed by atoms with van der Waals surface area (Å²) in [5.41, 5.74) is 0.826. The Morgan fingerprint density at radius 2 is 2.00 bits per heavy atom. The number of hydrogen-bond donors (Lipinski definition) is 0. The highest BCUT2D eigenvalue weighted by atomic mass is 16.7. The van der Waals surface area contributed by atoms with E-state index in [9.17, 15) is 4.79 Å². The molecule has 0 aliphatic heterocycles. The van der Waals surface area contributed by atoms with E-state index in [1.165, 1.54) is 7.11 Å². The number of rotatable bonds is 4. The monoisotopic (exact) mass is 166 g/mol. The second kappa shape index (κ2) is 4.51. The van der Waals surface area contributed by atoms with Gasteiger partial charge in [0.25, 0.3) is 6.47 Å². The van der Waals surface area contributed by atoms with Crippen LogP contribution in [0.15, 0.2) is 30.3 Å². The summed E-state index contributed by atoms with van der Waals surface area (Å²) >= 11 is 0. The fourth-order valence-electron chi connectivity index (χ4n) is 0.931. The Hall–Kier alpha value is -1.35. The van der Waals surface area contributed by atoms with E-state index in [1.54, 1.807) is 0 Å². The van der Waals surface area contributed by atoms with Crippen molar-refractivity contribution < 1.29 is 14.3 Å². The molecule has 1 aromatic rings. The molecule has 0 aromatic heterocycles. The number of ether oxygens (including phenoxy) is 2. The molecule has 1 rings (SSSR count). The molecule has 0 saturated carbocycles. The second-order valence-corrected chi connectivity index (χ2v) is 2.21. The van der Waals surface area contributed by atoms with Crippen LogP contribution in [0.5, 0.6) is 0 Å². The molecule has 0 amide bonds. The summed E-state index contributed by atoms with van der Waals surface area (Å²) in [4.78, 5) is 10.0. The van der Waals surface area contributed by atoms with Gasteiger partial charge in [0.15, 0.2) is 0 Å². The van der Waals surface area contributed by atoms with E-state index in [1.807, 2.05) is 30.3 Å². The maximum Gasteiger partial charge on any atom is 0.295 e. The molecule has 0 N–H and O–H groups in total. The molecular weight excluding hydrogens is 156 g/mol. The lowest BCUT2D eigenvalue weighted by molar-refractivity contribution is -0.159. The molecule has 1 atom stereocenters. The first-order valence-corrected chi connectivity index (χ1v) is 3.55. The third-order valence-corrected chi connectivity index (χ3v) is 1.46. The first-order chi connectivity index (χ1) is 5.88. The van der Waals surface area contributed by atoms with Gasteiger partial charge in [-0.3, -0.25) is 4.79 Å². The highest BCUT2D eigenvalue weighted by molar-refractivity contribution is 5.38. The van der Waals surface area contributed by atoms with Crippen molar-refractivity contribution in [1.82, 2.24) is 0 Å². The van der Waals surface area contributed by atoms with Crippen molar-refractivity contribution in [2.45, 2.75) is 6.29 Å². The van der Waals surface area contributed by atoms with Gasteiger partial charge in [0.05, 0.1) is 0 Å². The molecule has 0 fully saturated rings.